The number of hydrogen-bond acceptors (Lipinski definition) is 5. The van der Waals surface area contributed by atoms with Gasteiger partial charge in [0.15, 0.2) is 6.10 Å². The molecule has 21 heavy (non-hydrogen) atoms. The summed E-state index contributed by atoms with van der Waals surface area (Å²) in [7, 11) is 1.29. The zero-order chi connectivity index (χ0) is 15.2. The lowest BCUT2D eigenvalue weighted by molar-refractivity contribution is -0.161. The minimum absolute atomic E-state index is 0.174. The van der Waals surface area contributed by atoms with Crippen molar-refractivity contribution in [1.29, 1.82) is 0 Å². The number of aromatic hydroxyl groups is 1. The predicted molar refractivity (Wildman–Crippen MR) is 75.5 cm³/mol. The summed E-state index contributed by atoms with van der Waals surface area (Å²) in [5.74, 6) is -0.497. The van der Waals surface area contributed by atoms with Crippen LogP contribution in [0.15, 0.2) is 30.3 Å². The molecule has 112 valence electrons. The third-order valence-corrected chi connectivity index (χ3v) is 3.15. The van der Waals surface area contributed by atoms with Gasteiger partial charge in [0.2, 0.25) is 5.91 Å². The first-order valence-electron chi connectivity index (χ1n) is 6.55. The monoisotopic (exact) mass is 291 g/mol. The highest BCUT2D eigenvalue weighted by Crippen LogP contribution is 2.12. The van der Waals surface area contributed by atoms with Crippen molar-refractivity contribution < 1.29 is 24.2 Å². The molecular formula is C15H17NO5. The second-order valence-corrected chi connectivity index (χ2v) is 4.59. The molecule has 1 aromatic carbocycles. The van der Waals surface area contributed by atoms with E-state index >= 15 is 0 Å². The molecule has 6 nitrogen and oxygen atoms in total. The number of carbonyl (C=O) groups excluding carboxylic acids is 2. The van der Waals surface area contributed by atoms with Gasteiger partial charge in [-0.05, 0) is 23.8 Å². The molecule has 1 N–H and O–H groups in total. The number of carbonyl (C=O) groups is 2. The second-order valence-electron chi connectivity index (χ2n) is 4.59. The third kappa shape index (κ3) is 4.06. The molecule has 0 spiro atoms. The van der Waals surface area contributed by atoms with Gasteiger partial charge in [0.25, 0.3) is 0 Å². The Morgan fingerprint density at radius 1 is 1.38 bits per heavy atom. The van der Waals surface area contributed by atoms with Crippen LogP contribution in [-0.2, 0) is 19.1 Å². The number of benzene rings is 1. The molecule has 1 aliphatic heterocycles. The van der Waals surface area contributed by atoms with Crippen molar-refractivity contribution in [3.05, 3.63) is 35.9 Å². The van der Waals surface area contributed by atoms with Gasteiger partial charge < -0.3 is 19.5 Å². The predicted octanol–water partition coefficient (Wildman–Crippen LogP) is 0.806. The highest BCUT2D eigenvalue weighted by molar-refractivity contribution is 5.92. The van der Waals surface area contributed by atoms with Crippen molar-refractivity contribution in [2.75, 3.05) is 26.8 Å². The zero-order valence-electron chi connectivity index (χ0n) is 11.7. The van der Waals surface area contributed by atoms with Crippen LogP contribution in [0.4, 0.5) is 0 Å². The van der Waals surface area contributed by atoms with Gasteiger partial charge in [-0.15, -0.1) is 0 Å². The molecule has 2 rings (SSSR count). The number of ether oxygens (including phenoxy) is 2. The van der Waals surface area contributed by atoms with E-state index in [1.165, 1.54) is 13.2 Å². The standard InChI is InChI=1S/C15H17NO5/c1-20-15(19)13-10-16(8-9-21-13)14(18)7-4-11-2-5-12(17)6-3-11/h2-7,13,17H,8-10H2,1H3/b7-4+. The third-order valence-electron chi connectivity index (χ3n) is 3.15. The number of amides is 1. The Balaban J connectivity index is 1.96. The number of morpholine rings is 1. The molecule has 1 saturated heterocycles. The molecule has 0 aliphatic carbocycles. The molecule has 0 saturated carbocycles. The topological polar surface area (TPSA) is 76.1 Å². The lowest BCUT2D eigenvalue weighted by Crippen LogP contribution is -2.48. The number of hydrogen-bond donors (Lipinski definition) is 1. The largest absolute Gasteiger partial charge is 0.508 e. The first-order valence-corrected chi connectivity index (χ1v) is 6.55. The van der Waals surface area contributed by atoms with E-state index in [0.29, 0.717) is 13.2 Å². The van der Waals surface area contributed by atoms with Crippen molar-refractivity contribution in [2.24, 2.45) is 0 Å². The number of esters is 1. The number of nitrogens with zero attached hydrogens (tertiary/aromatic N) is 1. The zero-order valence-corrected chi connectivity index (χ0v) is 11.7. The average molecular weight is 291 g/mol. The Morgan fingerprint density at radius 3 is 2.76 bits per heavy atom. The molecule has 1 fully saturated rings. The minimum atomic E-state index is -0.727. The number of rotatable bonds is 3. The molecule has 1 amide bonds. The highest BCUT2D eigenvalue weighted by atomic mass is 16.6. The van der Waals surface area contributed by atoms with Crippen LogP contribution in [-0.4, -0.2) is 54.8 Å². The maximum atomic E-state index is 12.1. The lowest BCUT2D eigenvalue weighted by Gasteiger charge is -2.30. The maximum absolute atomic E-state index is 12.1. The van der Waals surface area contributed by atoms with Crippen LogP contribution in [0.3, 0.4) is 0 Å². The molecule has 1 heterocycles. The van der Waals surface area contributed by atoms with Gasteiger partial charge in [0.1, 0.15) is 5.75 Å². The van der Waals surface area contributed by atoms with Crippen LogP contribution in [0.25, 0.3) is 6.08 Å². The van der Waals surface area contributed by atoms with Crippen LogP contribution < -0.4 is 0 Å². The van der Waals surface area contributed by atoms with E-state index in [-0.39, 0.29) is 18.2 Å². The SMILES string of the molecule is COC(=O)C1CN(C(=O)/C=C/c2ccc(O)cc2)CCO1. The van der Waals surface area contributed by atoms with Gasteiger partial charge in [0.05, 0.1) is 20.3 Å². The van der Waals surface area contributed by atoms with E-state index in [1.54, 1.807) is 35.2 Å². The summed E-state index contributed by atoms with van der Waals surface area (Å²) in [6.07, 6.45) is 2.37. The Labute approximate surface area is 122 Å². The van der Waals surface area contributed by atoms with E-state index in [0.717, 1.165) is 5.56 Å². The summed E-state index contributed by atoms with van der Waals surface area (Å²) in [5.41, 5.74) is 0.805. The normalized spacial score (nSPS) is 18.7. The fourth-order valence-corrected chi connectivity index (χ4v) is 1.98. The van der Waals surface area contributed by atoms with Crippen LogP contribution in [0.5, 0.6) is 5.75 Å². The summed E-state index contributed by atoms with van der Waals surface area (Å²) in [5, 5.41) is 9.19. The summed E-state index contributed by atoms with van der Waals surface area (Å²) in [6, 6.07) is 6.50. The van der Waals surface area contributed by atoms with Crippen molar-refractivity contribution in [3.63, 3.8) is 0 Å². The van der Waals surface area contributed by atoms with Crippen molar-refractivity contribution in [2.45, 2.75) is 6.10 Å². The summed E-state index contributed by atoms with van der Waals surface area (Å²) >= 11 is 0. The van der Waals surface area contributed by atoms with E-state index in [9.17, 15) is 14.7 Å². The smallest absolute Gasteiger partial charge is 0.336 e. The fourth-order valence-electron chi connectivity index (χ4n) is 1.98. The van der Waals surface area contributed by atoms with Gasteiger partial charge >= 0.3 is 5.97 Å². The molecule has 6 heteroatoms. The Hall–Kier alpha value is -2.34. The van der Waals surface area contributed by atoms with E-state index < -0.39 is 12.1 Å². The van der Waals surface area contributed by atoms with E-state index in [1.807, 2.05) is 0 Å². The molecule has 1 aromatic rings. The van der Waals surface area contributed by atoms with Crippen LogP contribution in [0.2, 0.25) is 0 Å². The highest BCUT2D eigenvalue weighted by Gasteiger charge is 2.28. The van der Waals surface area contributed by atoms with Crippen molar-refractivity contribution >= 4 is 18.0 Å². The molecule has 0 bridgehead atoms. The Bertz CT molecular complexity index is 537. The molecule has 0 aromatic heterocycles. The molecule has 1 atom stereocenters. The van der Waals surface area contributed by atoms with Crippen LogP contribution >= 0.6 is 0 Å². The molecule has 1 unspecified atom stereocenters. The quantitative estimate of drug-likeness (QED) is 0.658. The average Bonchev–Trinajstić information content (AvgIpc) is 2.53. The first-order chi connectivity index (χ1) is 10.1. The maximum Gasteiger partial charge on any atom is 0.336 e. The molecule has 1 aliphatic rings. The molecule has 0 radical (unpaired) electrons. The van der Waals surface area contributed by atoms with Gasteiger partial charge in [-0.3, -0.25) is 4.79 Å². The first kappa shape index (κ1) is 15.1. The van der Waals surface area contributed by atoms with Crippen LogP contribution in [0.1, 0.15) is 5.56 Å². The van der Waals surface area contributed by atoms with Gasteiger partial charge in [-0.25, -0.2) is 4.79 Å². The Kier molecular flexibility index (Phi) is 4.94. The Morgan fingerprint density at radius 2 is 2.10 bits per heavy atom. The van der Waals surface area contributed by atoms with Gasteiger partial charge in [-0.1, -0.05) is 12.1 Å². The van der Waals surface area contributed by atoms with Crippen molar-refractivity contribution in [1.82, 2.24) is 4.90 Å². The second kappa shape index (κ2) is 6.90. The summed E-state index contributed by atoms with van der Waals surface area (Å²) in [4.78, 5) is 25.0. The summed E-state index contributed by atoms with van der Waals surface area (Å²) in [6.45, 7) is 0.927. The van der Waals surface area contributed by atoms with Crippen molar-refractivity contribution in [3.8, 4) is 5.75 Å². The summed E-state index contributed by atoms with van der Waals surface area (Å²) < 4.78 is 9.88. The number of phenolic OH excluding ortho intramolecular Hbond substituents is 1. The number of methoxy groups -OCH3 is 1. The van der Waals surface area contributed by atoms with Crippen LogP contribution in [0, 0.1) is 0 Å². The number of phenols is 1. The van der Waals surface area contributed by atoms with Gasteiger partial charge in [-0.2, -0.15) is 0 Å². The fraction of sp³-hybridized carbons (Fsp3) is 0.333. The minimum Gasteiger partial charge on any atom is -0.508 e. The van der Waals surface area contributed by atoms with Gasteiger partial charge in [0, 0.05) is 12.6 Å². The molecular weight excluding hydrogens is 274 g/mol. The van der Waals surface area contributed by atoms with E-state index in [2.05, 4.69) is 4.74 Å². The van der Waals surface area contributed by atoms with E-state index in [4.69, 9.17) is 4.74 Å². The lowest BCUT2D eigenvalue weighted by atomic mass is 10.2.